The Morgan fingerprint density at radius 2 is 1.68 bits per heavy atom. The number of para-hydroxylation sites is 2. The van der Waals surface area contributed by atoms with Gasteiger partial charge in [0.15, 0.2) is 0 Å². The maximum atomic E-state index is 12.5. The van der Waals surface area contributed by atoms with E-state index in [0.29, 0.717) is 6.54 Å². The average molecular weight is 255 g/mol. The van der Waals surface area contributed by atoms with Crippen LogP contribution < -0.4 is 5.56 Å². The molecule has 0 aliphatic carbocycles. The highest BCUT2D eigenvalue weighted by atomic mass is 16.1. The van der Waals surface area contributed by atoms with E-state index < -0.39 is 0 Å². The summed E-state index contributed by atoms with van der Waals surface area (Å²) in [4.78, 5) is 14.6. The minimum absolute atomic E-state index is 0.0746. The van der Waals surface area contributed by atoms with E-state index in [4.69, 9.17) is 0 Å². The second-order valence-corrected chi connectivity index (χ2v) is 5.01. The van der Waals surface area contributed by atoms with Crippen LogP contribution in [-0.4, -0.2) is 34.5 Å². The molecule has 0 amide bonds. The lowest BCUT2D eigenvalue weighted by Crippen LogP contribution is -2.28. The first-order valence-corrected chi connectivity index (χ1v) is 6.42. The highest BCUT2D eigenvalue weighted by Gasteiger charge is 2.09. The molecule has 1 aromatic carbocycles. The van der Waals surface area contributed by atoms with Gasteiger partial charge in [-0.3, -0.25) is 4.79 Å². The number of nitrogens with zero attached hydrogens (tertiary/aromatic N) is 3. The maximum absolute atomic E-state index is 12.5. The lowest BCUT2D eigenvalue weighted by molar-refractivity contribution is 0.384. The monoisotopic (exact) mass is 255 g/mol. The topological polar surface area (TPSA) is 29.7 Å². The Labute approximate surface area is 111 Å². The van der Waals surface area contributed by atoms with Gasteiger partial charge in [-0.05, 0) is 38.4 Å². The molecule has 0 unspecified atom stereocenters. The Hall–Kier alpha value is -2.07. The molecule has 0 radical (unpaired) electrons. The molecule has 2 heterocycles. The van der Waals surface area contributed by atoms with E-state index in [-0.39, 0.29) is 5.56 Å². The smallest absolute Gasteiger partial charge is 0.275 e. The summed E-state index contributed by atoms with van der Waals surface area (Å²) in [6.45, 7) is 1.55. The van der Waals surface area contributed by atoms with Gasteiger partial charge in [0.2, 0.25) is 0 Å². The lowest BCUT2D eigenvalue weighted by atomic mass is 10.2. The first-order chi connectivity index (χ1) is 9.18. The van der Waals surface area contributed by atoms with Crippen molar-refractivity contribution in [2.75, 3.05) is 20.6 Å². The molecular formula is C15H17N3O. The summed E-state index contributed by atoms with van der Waals surface area (Å²) in [5.41, 5.74) is 2.86. The zero-order chi connectivity index (χ0) is 13.4. The zero-order valence-electron chi connectivity index (χ0n) is 11.2. The van der Waals surface area contributed by atoms with Crippen molar-refractivity contribution in [3.8, 4) is 0 Å². The number of rotatable bonds is 3. The van der Waals surface area contributed by atoms with E-state index in [1.165, 1.54) is 0 Å². The van der Waals surface area contributed by atoms with Gasteiger partial charge in [0.1, 0.15) is 5.52 Å². The molecule has 2 aromatic heterocycles. The highest BCUT2D eigenvalue weighted by molar-refractivity contribution is 5.78. The largest absolute Gasteiger partial charge is 0.310 e. The Balaban J connectivity index is 2.32. The van der Waals surface area contributed by atoms with Crippen molar-refractivity contribution in [1.82, 2.24) is 13.9 Å². The van der Waals surface area contributed by atoms with Crippen LogP contribution >= 0.6 is 0 Å². The van der Waals surface area contributed by atoms with E-state index in [0.717, 1.165) is 23.1 Å². The lowest BCUT2D eigenvalue weighted by Gasteiger charge is -2.15. The number of hydrogen-bond donors (Lipinski definition) is 0. The van der Waals surface area contributed by atoms with Gasteiger partial charge in [-0.25, -0.2) is 0 Å². The fraction of sp³-hybridized carbons (Fsp3) is 0.267. The number of hydrogen-bond acceptors (Lipinski definition) is 2. The Bertz CT molecular complexity index is 783. The zero-order valence-corrected chi connectivity index (χ0v) is 11.2. The van der Waals surface area contributed by atoms with Crippen molar-refractivity contribution < 1.29 is 0 Å². The van der Waals surface area contributed by atoms with Crippen LogP contribution in [0.1, 0.15) is 0 Å². The predicted octanol–water partition coefficient (Wildman–Crippen LogP) is 1.82. The van der Waals surface area contributed by atoms with E-state index in [9.17, 15) is 4.79 Å². The van der Waals surface area contributed by atoms with E-state index in [1.54, 1.807) is 0 Å². The highest BCUT2D eigenvalue weighted by Crippen LogP contribution is 2.14. The van der Waals surface area contributed by atoms with Gasteiger partial charge in [-0.15, -0.1) is 0 Å². The number of aromatic nitrogens is 2. The van der Waals surface area contributed by atoms with Crippen molar-refractivity contribution in [2.24, 2.45) is 0 Å². The van der Waals surface area contributed by atoms with Crippen molar-refractivity contribution in [3.05, 3.63) is 52.9 Å². The van der Waals surface area contributed by atoms with Crippen LogP contribution in [-0.2, 0) is 6.54 Å². The molecule has 0 saturated carbocycles. The Morgan fingerprint density at radius 1 is 1.00 bits per heavy atom. The third kappa shape index (κ3) is 1.94. The van der Waals surface area contributed by atoms with Crippen LogP contribution in [0.2, 0.25) is 0 Å². The summed E-state index contributed by atoms with van der Waals surface area (Å²) in [5.74, 6) is 0. The molecule has 0 fully saturated rings. The summed E-state index contributed by atoms with van der Waals surface area (Å²) in [5, 5.41) is 0. The number of likely N-dealkylation sites (N-methyl/N-ethyl adjacent to an activating group) is 1. The molecule has 0 spiro atoms. The fourth-order valence-electron chi connectivity index (χ4n) is 2.43. The fourth-order valence-corrected chi connectivity index (χ4v) is 2.43. The summed E-state index contributed by atoms with van der Waals surface area (Å²) in [6, 6.07) is 11.8. The van der Waals surface area contributed by atoms with E-state index in [2.05, 4.69) is 4.90 Å². The van der Waals surface area contributed by atoms with Gasteiger partial charge >= 0.3 is 0 Å². The van der Waals surface area contributed by atoms with Crippen LogP contribution in [0.25, 0.3) is 16.6 Å². The molecular weight excluding hydrogens is 238 g/mol. The van der Waals surface area contributed by atoms with Crippen LogP contribution in [0.15, 0.2) is 47.4 Å². The van der Waals surface area contributed by atoms with E-state index in [1.807, 2.05) is 65.7 Å². The van der Waals surface area contributed by atoms with Crippen molar-refractivity contribution in [1.29, 1.82) is 0 Å². The molecule has 19 heavy (non-hydrogen) atoms. The first kappa shape index (κ1) is 12.0. The van der Waals surface area contributed by atoms with Gasteiger partial charge in [0.25, 0.3) is 5.56 Å². The van der Waals surface area contributed by atoms with Crippen molar-refractivity contribution >= 4 is 16.6 Å². The molecule has 4 heteroatoms. The Kier molecular flexibility index (Phi) is 2.87. The Morgan fingerprint density at radius 3 is 2.42 bits per heavy atom. The van der Waals surface area contributed by atoms with Crippen molar-refractivity contribution in [3.63, 3.8) is 0 Å². The standard InChI is InChI=1S/C15H17N3O/c1-16(2)10-11-18-13-7-4-3-6-12(13)17-9-5-8-14(17)15(18)19/h3-9H,10-11H2,1-2H3. The molecule has 0 aliphatic rings. The molecule has 0 aliphatic heterocycles. The normalized spacial score (nSPS) is 11.7. The second kappa shape index (κ2) is 4.55. The van der Waals surface area contributed by atoms with E-state index >= 15 is 0 Å². The molecule has 0 atom stereocenters. The van der Waals surface area contributed by atoms with Crippen molar-refractivity contribution in [2.45, 2.75) is 6.54 Å². The summed E-state index contributed by atoms with van der Waals surface area (Å²) >= 11 is 0. The van der Waals surface area contributed by atoms with Gasteiger partial charge in [0, 0.05) is 19.3 Å². The van der Waals surface area contributed by atoms with Crippen LogP contribution in [0.3, 0.4) is 0 Å². The third-order valence-electron chi connectivity index (χ3n) is 3.42. The van der Waals surface area contributed by atoms with Crippen LogP contribution in [0.4, 0.5) is 0 Å². The SMILES string of the molecule is CN(C)CCn1c(=O)c2cccn2c2ccccc21. The summed E-state index contributed by atoms with van der Waals surface area (Å²) in [6.07, 6.45) is 1.94. The van der Waals surface area contributed by atoms with Gasteiger partial charge in [-0.1, -0.05) is 12.1 Å². The summed E-state index contributed by atoms with van der Waals surface area (Å²) in [7, 11) is 4.03. The van der Waals surface area contributed by atoms with Crippen LogP contribution in [0, 0.1) is 0 Å². The minimum Gasteiger partial charge on any atom is -0.310 e. The maximum Gasteiger partial charge on any atom is 0.275 e. The molecule has 0 saturated heterocycles. The van der Waals surface area contributed by atoms with Gasteiger partial charge in [0.05, 0.1) is 11.0 Å². The number of benzene rings is 1. The second-order valence-electron chi connectivity index (χ2n) is 5.01. The number of fused-ring (bicyclic) bond motifs is 3. The molecule has 0 N–H and O–H groups in total. The van der Waals surface area contributed by atoms with Gasteiger partial charge < -0.3 is 13.9 Å². The van der Waals surface area contributed by atoms with Gasteiger partial charge in [-0.2, -0.15) is 0 Å². The molecule has 3 rings (SSSR count). The quantitative estimate of drug-likeness (QED) is 0.714. The minimum atomic E-state index is 0.0746. The molecule has 4 nitrogen and oxygen atoms in total. The van der Waals surface area contributed by atoms with Crippen LogP contribution in [0.5, 0.6) is 0 Å². The molecule has 98 valence electrons. The molecule has 0 bridgehead atoms. The third-order valence-corrected chi connectivity index (χ3v) is 3.42. The first-order valence-electron chi connectivity index (χ1n) is 6.42. The predicted molar refractivity (Wildman–Crippen MR) is 77.7 cm³/mol. The molecule has 3 aromatic rings. The average Bonchev–Trinajstić information content (AvgIpc) is 2.88. The summed E-state index contributed by atoms with van der Waals surface area (Å²) < 4.78 is 3.83.